The topological polar surface area (TPSA) is 89.6 Å². The molecular formula is C24H23N3O4S. The number of para-hydroxylation sites is 2. The van der Waals surface area contributed by atoms with Crippen LogP contribution in [0.25, 0.3) is 0 Å². The lowest BCUT2D eigenvalue weighted by Crippen LogP contribution is -2.40. The number of amides is 2. The second kappa shape index (κ2) is 9.00. The number of aryl methyl sites for hydroxylation is 1. The van der Waals surface area contributed by atoms with E-state index in [0.29, 0.717) is 28.6 Å². The molecule has 3 heterocycles. The minimum absolute atomic E-state index is 0.122. The minimum Gasteiger partial charge on any atom is -0.485 e. The zero-order valence-corrected chi connectivity index (χ0v) is 18.2. The van der Waals surface area contributed by atoms with Gasteiger partial charge in [0.1, 0.15) is 11.6 Å². The highest BCUT2D eigenvalue weighted by Crippen LogP contribution is 2.39. The number of benzene rings is 1. The number of ether oxygens (including phenoxy) is 2. The Bertz CT molecular complexity index is 1150. The van der Waals surface area contributed by atoms with E-state index < -0.39 is 6.10 Å². The summed E-state index contributed by atoms with van der Waals surface area (Å²) in [5.74, 6) is 0.659. The molecule has 1 aliphatic heterocycles. The molecule has 2 aromatic heterocycles. The number of nitrogens with zero attached hydrogens (tertiary/aromatic N) is 1. The van der Waals surface area contributed by atoms with E-state index in [1.165, 1.54) is 16.2 Å². The van der Waals surface area contributed by atoms with Crippen LogP contribution >= 0.6 is 11.3 Å². The Labute approximate surface area is 189 Å². The summed E-state index contributed by atoms with van der Waals surface area (Å²) in [6, 6.07) is 11.0. The van der Waals surface area contributed by atoms with E-state index in [0.717, 1.165) is 36.8 Å². The van der Waals surface area contributed by atoms with E-state index in [-0.39, 0.29) is 18.4 Å². The number of anilines is 1. The first kappa shape index (κ1) is 20.5. The summed E-state index contributed by atoms with van der Waals surface area (Å²) >= 11 is 1.49. The van der Waals surface area contributed by atoms with Gasteiger partial charge in [-0.05, 0) is 55.0 Å². The standard InChI is InChI=1S/C24H23N3O4S/c28-22(19-14-30-17-8-2-3-9-18(17)31-19)27-24-21(16-7-1-4-10-20(16)32-24)23(29)26-13-15-6-5-11-25-12-15/h2-3,5-6,8-9,11-12,19H,1,4,7,10,13-14H2,(H,26,29)(H,27,28). The van der Waals surface area contributed by atoms with Gasteiger partial charge in [-0.15, -0.1) is 11.3 Å². The van der Waals surface area contributed by atoms with E-state index in [2.05, 4.69) is 15.6 Å². The maximum absolute atomic E-state index is 13.2. The van der Waals surface area contributed by atoms with Gasteiger partial charge in [0.15, 0.2) is 11.5 Å². The molecule has 8 heteroatoms. The van der Waals surface area contributed by atoms with Gasteiger partial charge in [-0.25, -0.2) is 0 Å². The van der Waals surface area contributed by atoms with Crippen molar-refractivity contribution in [3.63, 3.8) is 0 Å². The lowest BCUT2D eigenvalue weighted by atomic mass is 9.95. The average Bonchev–Trinajstić information content (AvgIpc) is 3.20. The predicted octanol–water partition coefficient (Wildman–Crippen LogP) is 3.73. The maximum Gasteiger partial charge on any atom is 0.269 e. The molecule has 32 heavy (non-hydrogen) atoms. The zero-order valence-electron chi connectivity index (χ0n) is 17.4. The third kappa shape index (κ3) is 4.18. The number of fused-ring (bicyclic) bond motifs is 2. The first-order valence-electron chi connectivity index (χ1n) is 10.7. The van der Waals surface area contributed by atoms with Crippen molar-refractivity contribution in [1.82, 2.24) is 10.3 Å². The summed E-state index contributed by atoms with van der Waals surface area (Å²) < 4.78 is 11.5. The Hall–Kier alpha value is -3.39. The van der Waals surface area contributed by atoms with Crippen LogP contribution in [0.3, 0.4) is 0 Å². The predicted molar refractivity (Wildman–Crippen MR) is 121 cm³/mol. The molecule has 1 atom stereocenters. The summed E-state index contributed by atoms with van der Waals surface area (Å²) in [6.07, 6.45) is 6.54. The van der Waals surface area contributed by atoms with E-state index >= 15 is 0 Å². The fourth-order valence-corrected chi connectivity index (χ4v) is 5.30. The average molecular weight is 450 g/mol. The monoisotopic (exact) mass is 449 g/mol. The SMILES string of the molecule is O=C(NCc1cccnc1)c1c(NC(=O)C2COc3ccccc3O2)sc2c1CCCC2. The molecule has 3 aromatic rings. The van der Waals surface area contributed by atoms with Gasteiger partial charge in [-0.3, -0.25) is 14.6 Å². The van der Waals surface area contributed by atoms with Gasteiger partial charge in [0.05, 0.1) is 5.56 Å². The number of thiophene rings is 1. The van der Waals surface area contributed by atoms with Crippen LogP contribution in [0.5, 0.6) is 11.5 Å². The number of hydrogen-bond acceptors (Lipinski definition) is 6. The Morgan fingerprint density at radius 2 is 1.94 bits per heavy atom. The molecule has 2 aliphatic rings. The van der Waals surface area contributed by atoms with Crippen LogP contribution in [0, 0.1) is 0 Å². The molecule has 0 saturated heterocycles. The minimum atomic E-state index is -0.782. The lowest BCUT2D eigenvalue weighted by Gasteiger charge is -2.25. The Morgan fingerprint density at radius 1 is 1.09 bits per heavy atom. The van der Waals surface area contributed by atoms with Gasteiger partial charge in [0.25, 0.3) is 11.8 Å². The number of rotatable bonds is 5. The van der Waals surface area contributed by atoms with Crippen molar-refractivity contribution in [3.8, 4) is 11.5 Å². The van der Waals surface area contributed by atoms with Crippen LogP contribution in [0.4, 0.5) is 5.00 Å². The number of carbonyl (C=O) groups is 2. The lowest BCUT2D eigenvalue weighted by molar-refractivity contribution is -0.125. The van der Waals surface area contributed by atoms with Gasteiger partial charge in [0.2, 0.25) is 6.10 Å². The van der Waals surface area contributed by atoms with E-state index in [1.807, 2.05) is 30.3 Å². The first-order chi connectivity index (χ1) is 15.7. The summed E-state index contributed by atoms with van der Waals surface area (Å²) in [5, 5.41) is 6.50. The van der Waals surface area contributed by atoms with E-state index in [1.54, 1.807) is 18.5 Å². The summed E-state index contributed by atoms with van der Waals surface area (Å²) in [7, 11) is 0. The molecule has 2 amide bonds. The van der Waals surface area contributed by atoms with Crippen LogP contribution in [-0.2, 0) is 24.2 Å². The smallest absolute Gasteiger partial charge is 0.269 e. The number of carbonyl (C=O) groups excluding carboxylic acids is 2. The number of hydrogen-bond donors (Lipinski definition) is 2. The Balaban J connectivity index is 1.35. The molecule has 164 valence electrons. The molecule has 1 aliphatic carbocycles. The van der Waals surface area contributed by atoms with E-state index in [4.69, 9.17) is 9.47 Å². The quantitative estimate of drug-likeness (QED) is 0.620. The van der Waals surface area contributed by atoms with Crippen molar-refractivity contribution in [2.45, 2.75) is 38.3 Å². The molecule has 1 unspecified atom stereocenters. The third-order valence-corrected chi connectivity index (χ3v) is 6.82. The summed E-state index contributed by atoms with van der Waals surface area (Å²) in [6.45, 7) is 0.498. The number of nitrogens with one attached hydrogen (secondary N) is 2. The van der Waals surface area contributed by atoms with Gasteiger partial charge < -0.3 is 20.1 Å². The zero-order chi connectivity index (χ0) is 21.9. The van der Waals surface area contributed by atoms with Crippen LogP contribution in [-0.4, -0.2) is 29.5 Å². The van der Waals surface area contributed by atoms with Gasteiger partial charge >= 0.3 is 0 Å². The van der Waals surface area contributed by atoms with E-state index in [9.17, 15) is 9.59 Å². The molecule has 7 nitrogen and oxygen atoms in total. The van der Waals surface area contributed by atoms with Gasteiger partial charge in [-0.1, -0.05) is 18.2 Å². The molecule has 0 spiro atoms. The summed E-state index contributed by atoms with van der Waals surface area (Å²) in [5.41, 5.74) is 2.53. The van der Waals surface area contributed by atoms with Crippen LogP contribution in [0.1, 0.15) is 39.2 Å². The number of pyridine rings is 1. The highest BCUT2D eigenvalue weighted by molar-refractivity contribution is 7.17. The van der Waals surface area contributed by atoms with Crippen LogP contribution < -0.4 is 20.1 Å². The van der Waals surface area contributed by atoms with Crippen LogP contribution in [0.15, 0.2) is 48.8 Å². The highest BCUT2D eigenvalue weighted by Gasteiger charge is 2.31. The van der Waals surface area contributed by atoms with Crippen LogP contribution in [0.2, 0.25) is 0 Å². The third-order valence-electron chi connectivity index (χ3n) is 5.61. The highest BCUT2D eigenvalue weighted by atomic mass is 32.1. The molecule has 1 aromatic carbocycles. The van der Waals surface area contributed by atoms with Crippen molar-refractivity contribution in [3.05, 3.63) is 70.4 Å². The molecular weight excluding hydrogens is 426 g/mol. The van der Waals surface area contributed by atoms with Gasteiger partial charge in [0, 0.05) is 23.8 Å². The Kier molecular flexibility index (Phi) is 5.77. The molecule has 0 bridgehead atoms. The van der Waals surface area contributed by atoms with Crippen molar-refractivity contribution in [2.24, 2.45) is 0 Å². The normalized spacial score (nSPS) is 16.7. The fraction of sp³-hybridized carbons (Fsp3) is 0.292. The second-order valence-electron chi connectivity index (χ2n) is 7.81. The second-order valence-corrected chi connectivity index (χ2v) is 8.92. The molecule has 0 fully saturated rings. The Morgan fingerprint density at radius 3 is 2.78 bits per heavy atom. The molecule has 0 saturated carbocycles. The van der Waals surface area contributed by atoms with Crippen molar-refractivity contribution >= 4 is 28.2 Å². The van der Waals surface area contributed by atoms with Crippen molar-refractivity contribution in [2.75, 3.05) is 11.9 Å². The molecule has 2 N–H and O–H groups in total. The largest absolute Gasteiger partial charge is 0.485 e. The first-order valence-corrected chi connectivity index (χ1v) is 11.5. The van der Waals surface area contributed by atoms with Crippen molar-refractivity contribution < 1.29 is 19.1 Å². The molecule has 5 rings (SSSR count). The van der Waals surface area contributed by atoms with Crippen molar-refractivity contribution in [1.29, 1.82) is 0 Å². The summed E-state index contributed by atoms with van der Waals surface area (Å²) in [4.78, 5) is 31.4. The fourth-order valence-electron chi connectivity index (χ4n) is 4.01. The maximum atomic E-state index is 13.2. The number of aromatic nitrogens is 1. The van der Waals surface area contributed by atoms with Gasteiger partial charge in [-0.2, -0.15) is 0 Å². The molecule has 0 radical (unpaired) electrons.